The number of rotatable bonds is 6. The highest BCUT2D eigenvalue weighted by Crippen LogP contribution is 2.09. The van der Waals surface area contributed by atoms with Gasteiger partial charge in [-0.15, -0.1) is 6.58 Å². The van der Waals surface area contributed by atoms with Gasteiger partial charge in [-0.2, -0.15) is 0 Å². The summed E-state index contributed by atoms with van der Waals surface area (Å²) in [5.41, 5.74) is 0. The van der Waals surface area contributed by atoms with E-state index in [2.05, 4.69) is 32.6 Å². The maximum Gasteiger partial charge on any atom is -0.0262 e. The molecule has 0 aliphatic rings. The summed E-state index contributed by atoms with van der Waals surface area (Å²) < 4.78 is 0. The lowest BCUT2D eigenvalue weighted by Gasteiger charge is -2.03. The summed E-state index contributed by atoms with van der Waals surface area (Å²) in [5.74, 6) is 0.745. The van der Waals surface area contributed by atoms with E-state index < -0.39 is 0 Å². The zero-order chi connectivity index (χ0) is 8.53. The van der Waals surface area contributed by atoms with E-state index >= 15 is 0 Å². The fraction of sp³-hybridized carbons (Fsp3) is 0.636. The minimum atomic E-state index is 0.745. The zero-order valence-electron chi connectivity index (χ0n) is 7.84. The average Bonchev–Trinajstić information content (AvgIpc) is 2.01. The van der Waals surface area contributed by atoms with Crippen molar-refractivity contribution < 1.29 is 0 Å². The first kappa shape index (κ1) is 10.5. The summed E-state index contributed by atoms with van der Waals surface area (Å²) in [5, 5.41) is 0. The molecule has 0 aromatic carbocycles. The molecular formula is C11H20. The monoisotopic (exact) mass is 152 g/mol. The molecule has 0 heteroatoms. The van der Waals surface area contributed by atoms with Crippen molar-refractivity contribution in [3.8, 4) is 0 Å². The molecule has 1 atom stereocenters. The maximum absolute atomic E-state index is 3.70. The molecular weight excluding hydrogens is 132 g/mol. The van der Waals surface area contributed by atoms with Gasteiger partial charge < -0.3 is 0 Å². The first-order valence-electron chi connectivity index (χ1n) is 4.58. The Kier molecular flexibility index (Phi) is 7.23. The lowest BCUT2D eigenvalue weighted by Crippen LogP contribution is -1.88. The smallest absolute Gasteiger partial charge is 0.0262 e. The van der Waals surface area contributed by atoms with E-state index in [1.54, 1.807) is 0 Å². The Morgan fingerprint density at radius 1 is 1.45 bits per heavy atom. The number of hydrogen-bond acceptors (Lipinski definition) is 0. The van der Waals surface area contributed by atoms with Crippen LogP contribution in [0.3, 0.4) is 0 Å². The van der Waals surface area contributed by atoms with Crippen LogP contribution < -0.4 is 0 Å². The second-order valence-corrected chi connectivity index (χ2v) is 3.03. The summed E-state index contributed by atoms with van der Waals surface area (Å²) in [6.07, 6.45) is 11.4. The number of hydrogen-bond donors (Lipinski definition) is 0. The molecule has 0 bridgehead atoms. The molecule has 0 saturated heterocycles. The number of unbranched alkanes of at least 4 members (excludes halogenated alkanes) is 1. The van der Waals surface area contributed by atoms with Gasteiger partial charge >= 0.3 is 0 Å². The van der Waals surface area contributed by atoms with Crippen molar-refractivity contribution in [3.63, 3.8) is 0 Å². The van der Waals surface area contributed by atoms with Crippen LogP contribution in [-0.2, 0) is 0 Å². The van der Waals surface area contributed by atoms with E-state index in [1.165, 1.54) is 12.8 Å². The largest absolute Gasteiger partial charge is 0.103 e. The highest BCUT2D eigenvalue weighted by molar-refractivity contribution is 4.85. The van der Waals surface area contributed by atoms with E-state index in [1.807, 2.05) is 6.08 Å². The van der Waals surface area contributed by atoms with Gasteiger partial charge in [0.1, 0.15) is 0 Å². The lowest BCUT2D eigenvalue weighted by molar-refractivity contribution is 0.611. The molecule has 0 fully saturated rings. The molecule has 0 spiro atoms. The molecule has 1 unspecified atom stereocenters. The molecule has 0 aromatic heterocycles. The van der Waals surface area contributed by atoms with Gasteiger partial charge in [-0.3, -0.25) is 0 Å². The van der Waals surface area contributed by atoms with Crippen LogP contribution in [0.2, 0.25) is 0 Å². The standard InChI is InChI=1S/C11H20/c1-4-6-8-10-11(3)9-7-5-2/h4,7,9,11H,1,5-6,8,10H2,2-3H3. The van der Waals surface area contributed by atoms with Crippen LogP contribution in [0.15, 0.2) is 24.8 Å². The van der Waals surface area contributed by atoms with Crippen molar-refractivity contribution in [2.24, 2.45) is 5.92 Å². The van der Waals surface area contributed by atoms with Crippen molar-refractivity contribution in [1.82, 2.24) is 0 Å². The van der Waals surface area contributed by atoms with Gasteiger partial charge in [-0.05, 0) is 31.6 Å². The second kappa shape index (κ2) is 7.59. The Morgan fingerprint density at radius 2 is 2.18 bits per heavy atom. The van der Waals surface area contributed by atoms with Gasteiger partial charge in [0, 0.05) is 0 Å². The predicted octanol–water partition coefficient (Wildman–Crippen LogP) is 3.95. The van der Waals surface area contributed by atoms with E-state index in [4.69, 9.17) is 0 Å². The van der Waals surface area contributed by atoms with Crippen molar-refractivity contribution in [2.45, 2.75) is 39.5 Å². The Bertz CT molecular complexity index is 111. The molecule has 0 saturated carbocycles. The van der Waals surface area contributed by atoms with Gasteiger partial charge in [0.2, 0.25) is 0 Å². The van der Waals surface area contributed by atoms with Crippen LogP contribution in [0, 0.1) is 5.92 Å². The molecule has 0 aliphatic carbocycles. The predicted molar refractivity (Wildman–Crippen MR) is 52.6 cm³/mol. The summed E-state index contributed by atoms with van der Waals surface area (Å²) in [6, 6.07) is 0. The molecule has 0 aromatic rings. The molecule has 0 rings (SSSR count). The van der Waals surface area contributed by atoms with Crippen molar-refractivity contribution in [1.29, 1.82) is 0 Å². The molecule has 0 amide bonds. The summed E-state index contributed by atoms with van der Waals surface area (Å²) >= 11 is 0. The SMILES string of the molecule is C=CCCCC(C)C=CCC. The Morgan fingerprint density at radius 3 is 2.73 bits per heavy atom. The Hall–Kier alpha value is -0.520. The van der Waals surface area contributed by atoms with Crippen molar-refractivity contribution in [3.05, 3.63) is 24.8 Å². The average molecular weight is 152 g/mol. The van der Waals surface area contributed by atoms with Crippen LogP contribution >= 0.6 is 0 Å². The third-order valence-electron chi connectivity index (χ3n) is 1.77. The first-order valence-corrected chi connectivity index (χ1v) is 4.58. The topological polar surface area (TPSA) is 0 Å². The molecule has 11 heavy (non-hydrogen) atoms. The van der Waals surface area contributed by atoms with Crippen LogP contribution in [0.1, 0.15) is 39.5 Å². The van der Waals surface area contributed by atoms with E-state index in [9.17, 15) is 0 Å². The van der Waals surface area contributed by atoms with Crippen LogP contribution in [-0.4, -0.2) is 0 Å². The first-order chi connectivity index (χ1) is 5.31. The Balaban J connectivity index is 3.28. The molecule has 0 radical (unpaired) electrons. The summed E-state index contributed by atoms with van der Waals surface area (Å²) in [6.45, 7) is 8.15. The zero-order valence-corrected chi connectivity index (χ0v) is 7.84. The van der Waals surface area contributed by atoms with Gasteiger partial charge in [0.05, 0.1) is 0 Å². The second-order valence-electron chi connectivity index (χ2n) is 3.03. The fourth-order valence-corrected chi connectivity index (χ4v) is 1.05. The van der Waals surface area contributed by atoms with Gasteiger partial charge in [-0.25, -0.2) is 0 Å². The molecule has 64 valence electrons. The third-order valence-corrected chi connectivity index (χ3v) is 1.77. The summed E-state index contributed by atoms with van der Waals surface area (Å²) in [7, 11) is 0. The van der Waals surface area contributed by atoms with Crippen LogP contribution in [0.25, 0.3) is 0 Å². The Labute approximate surface area is 71.0 Å². The quantitative estimate of drug-likeness (QED) is 0.399. The highest BCUT2D eigenvalue weighted by Gasteiger charge is 1.93. The molecule has 0 aliphatic heterocycles. The van der Waals surface area contributed by atoms with Gasteiger partial charge in [0.25, 0.3) is 0 Å². The van der Waals surface area contributed by atoms with Gasteiger partial charge in [-0.1, -0.05) is 32.1 Å². The number of allylic oxidation sites excluding steroid dienone is 3. The fourth-order valence-electron chi connectivity index (χ4n) is 1.05. The van der Waals surface area contributed by atoms with Crippen molar-refractivity contribution in [2.75, 3.05) is 0 Å². The normalized spacial score (nSPS) is 13.6. The van der Waals surface area contributed by atoms with Crippen LogP contribution in [0.4, 0.5) is 0 Å². The highest BCUT2D eigenvalue weighted by atomic mass is 14.0. The third kappa shape index (κ3) is 7.38. The van der Waals surface area contributed by atoms with E-state index in [-0.39, 0.29) is 0 Å². The maximum atomic E-state index is 3.70. The minimum absolute atomic E-state index is 0.745. The van der Waals surface area contributed by atoms with Crippen molar-refractivity contribution >= 4 is 0 Å². The molecule has 0 nitrogen and oxygen atoms in total. The minimum Gasteiger partial charge on any atom is -0.103 e. The molecule has 0 N–H and O–H groups in total. The summed E-state index contributed by atoms with van der Waals surface area (Å²) in [4.78, 5) is 0. The van der Waals surface area contributed by atoms with Crippen LogP contribution in [0.5, 0.6) is 0 Å². The van der Waals surface area contributed by atoms with E-state index in [0.29, 0.717) is 0 Å². The van der Waals surface area contributed by atoms with Gasteiger partial charge in [0.15, 0.2) is 0 Å². The molecule has 0 heterocycles. The van der Waals surface area contributed by atoms with E-state index in [0.717, 1.165) is 18.8 Å². The lowest BCUT2D eigenvalue weighted by atomic mass is 10.0.